The first-order valence-electron chi connectivity index (χ1n) is 5.88. The van der Waals surface area contributed by atoms with Crippen molar-refractivity contribution in [2.75, 3.05) is 18.0 Å². The molecule has 1 N–H and O–H groups in total. The van der Waals surface area contributed by atoms with Crippen LogP contribution in [0, 0.1) is 0 Å². The van der Waals surface area contributed by atoms with Crippen LogP contribution in [0.3, 0.4) is 0 Å². The van der Waals surface area contributed by atoms with Gasteiger partial charge >= 0.3 is 5.97 Å². The van der Waals surface area contributed by atoms with E-state index in [1.54, 1.807) is 0 Å². The number of hydrogen-bond donors (Lipinski definition) is 1. The van der Waals surface area contributed by atoms with Crippen molar-refractivity contribution in [3.05, 3.63) is 42.0 Å². The van der Waals surface area contributed by atoms with Crippen molar-refractivity contribution in [3.63, 3.8) is 0 Å². The predicted molar refractivity (Wildman–Crippen MR) is 68.5 cm³/mol. The van der Waals surface area contributed by atoms with E-state index in [1.807, 2.05) is 19.1 Å². The maximum Gasteiger partial charge on any atom is 0.303 e. The second-order valence-electron chi connectivity index (χ2n) is 4.47. The Bertz CT molecular complexity index is 414. The van der Waals surface area contributed by atoms with E-state index in [4.69, 9.17) is 5.11 Å². The molecule has 3 nitrogen and oxygen atoms in total. The van der Waals surface area contributed by atoms with Gasteiger partial charge in [0, 0.05) is 18.8 Å². The van der Waals surface area contributed by atoms with Gasteiger partial charge in [-0.2, -0.15) is 0 Å². The van der Waals surface area contributed by atoms with E-state index in [1.165, 1.54) is 5.69 Å². The van der Waals surface area contributed by atoms with Gasteiger partial charge in [-0.15, -0.1) is 0 Å². The first kappa shape index (κ1) is 11.7. The van der Waals surface area contributed by atoms with Gasteiger partial charge in [0.25, 0.3) is 0 Å². The number of carbonyl (C=O) groups is 1. The summed E-state index contributed by atoms with van der Waals surface area (Å²) in [6.45, 7) is 3.87. The molecule has 0 saturated heterocycles. The van der Waals surface area contributed by atoms with Gasteiger partial charge < -0.3 is 10.0 Å². The molecule has 0 aromatic heterocycles. The van der Waals surface area contributed by atoms with Crippen LogP contribution in [-0.4, -0.2) is 24.2 Å². The molecule has 17 heavy (non-hydrogen) atoms. The first-order valence-corrected chi connectivity index (χ1v) is 5.88. The minimum atomic E-state index is -0.745. The minimum Gasteiger partial charge on any atom is -0.481 e. The third kappa shape index (κ3) is 2.87. The molecule has 0 amide bonds. The fourth-order valence-corrected chi connectivity index (χ4v) is 2.08. The zero-order valence-electron chi connectivity index (χ0n) is 9.97. The molecule has 0 saturated carbocycles. The van der Waals surface area contributed by atoms with Gasteiger partial charge in [-0.1, -0.05) is 31.2 Å². The fourth-order valence-electron chi connectivity index (χ4n) is 2.08. The van der Waals surface area contributed by atoms with Crippen LogP contribution in [0.2, 0.25) is 0 Å². The van der Waals surface area contributed by atoms with Crippen molar-refractivity contribution in [3.8, 4) is 0 Å². The summed E-state index contributed by atoms with van der Waals surface area (Å²) in [5.41, 5.74) is 2.28. The van der Waals surface area contributed by atoms with Crippen LogP contribution in [-0.2, 0) is 4.79 Å². The van der Waals surface area contributed by atoms with Crippen LogP contribution >= 0.6 is 0 Å². The average Bonchev–Trinajstić information content (AvgIpc) is 2.82. The molecule has 1 aromatic rings. The topological polar surface area (TPSA) is 40.5 Å². The van der Waals surface area contributed by atoms with Crippen LogP contribution in [0.25, 0.3) is 0 Å². The van der Waals surface area contributed by atoms with E-state index >= 15 is 0 Å². The monoisotopic (exact) mass is 231 g/mol. The average molecular weight is 231 g/mol. The van der Waals surface area contributed by atoms with E-state index in [9.17, 15) is 4.79 Å². The minimum absolute atomic E-state index is 0.0678. The van der Waals surface area contributed by atoms with Crippen LogP contribution in [0.4, 0.5) is 5.69 Å². The molecule has 0 bridgehead atoms. The molecule has 0 aliphatic carbocycles. The third-order valence-electron chi connectivity index (χ3n) is 3.13. The molecule has 2 rings (SSSR count). The normalized spacial score (nSPS) is 16.2. The highest BCUT2D eigenvalue weighted by molar-refractivity contribution is 5.68. The largest absolute Gasteiger partial charge is 0.481 e. The summed E-state index contributed by atoms with van der Waals surface area (Å²) in [5.74, 6) is -0.677. The van der Waals surface area contributed by atoms with Crippen molar-refractivity contribution in [1.29, 1.82) is 0 Å². The van der Waals surface area contributed by atoms with Crippen LogP contribution in [0.15, 0.2) is 36.4 Å². The zero-order chi connectivity index (χ0) is 12.3. The molecular weight excluding hydrogens is 214 g/mol. The Morgan fingerprint density at radius 3 is 2.41 bits per heavy atom. The third-order valence-corrected chi connectivity index (χ3v) is 3.13. The SMILES string of the molecule is CC(CC(=O)O)c1ccc(N2CC=CC2)cc1. The summed E-state index contributed by atoms with van der Waals surface area (Å²) in [6.07, 6.45) is 4.49. The van der Waals surface area contributed by atoms with Crippen molar-refractivity contribution in [1.82, 2.24) is 0 Å². The molecule has 1 atom stereocenters. The van der Waals surface area contributed by atoms with Crippen molar-refractivity contribution in [2.45, 2.75) is 19.3 Å². The second kappa shape index (κ2) is 5.04. The van der Waals surface area contributed by atoms with E-state index < -0.39 is 5.97 Å². The van der Waals surface area contributed by atoms with Gasteiger partial charge in [-0.25, -0.2) is 0 Å². The lowest BCUT2D eigenvalue weighted by Crippen LogP contribution is -2.18. The number of nitrogens with zero attached hydrogens (tertiary/aromatic N) is 1. The van der Waals surface area contributed by atoms with Crippen LogP contribution in [0.1, 0.15) is 24.8 Å². The summed E-state index contributed by atoms with van der Waals surface area (Å²) in [5, 5.41) is 8.76. The highest BCUT2D eigenvalue weighted by Crippen LogP contribution is 2.23. The Kier molecular flexibility index (Phi) is 3.47. The van der Waals surface area contributed by atoms with Crippen molar-refractivity contribution in [2.24, 2.45) is 0 Å². The van der Waals surface area contributed by atoms with E-state index in [0.717, 1.165) is 18.7 Å². The molecule has 1 aliphatic rings. The molecule has 0 fully saturated rings. The van der Waals surface area contributed by atoms with E-state index in [2.05, 4.69) is 29.2 Å². The number of hydrogen-bond acceptors (Lipinski definition) is 2. The smallest absolute Gasteiger partial charge is 0.303 e. The van der Waals surface area contributed by atoms with E-state index in [-0.39, 0.29) is 12.3 Å². The van der Waals surface area contributed by atoms with Crippen LogP contribution < -0.4 is 4.90 Å². The molecular formula is C14H17NO2. The number of benzene rings is 1. The summed E-state index contributed by atoms with van der Waals surface area (Å²) >= 11 is 0. The van der Waals surface area contributed by atoms with Crippen LogP contribution in [0.5, 0.6) is 0 Å². The van der Waals surface area contributed by atoms with Gasteiger partial charge in [0.15, 0.2) is 0 Å². The van der Waals surface area contributed by atoms with Gasteiger partial charge in [-0.3, -0.25) is 4.79 Å². The number of aliphatic carboxylic acids is 1. The Morgan fingerprint density at radius 1 is 1.29 bits per heavy atom. The summed E-state index contributed by atoms with van der Waals surface area (Å²) in [7, 11) is 0. The zero-order valence-corrected chi connectivity index (χ0v) is 9.97. The Morgan fingerprint density at radius 2 is 1.88 bits per heavy atom. The first-order chi connectivity index (χ1) is 8.16. The highest BCUT2D eigenvalue weighted by atomic mass is 16.4. The van der Waals surface area contributed by atoms with Crippen molar-refractivity contribution < 1.29 is 9.90 Å². The highest BCUT2D eigenvalue weighted by Gasteiger charge is 2.11. The Balaban J connectivity index is 2.04. The predicted octanol–water partition coefficient (Wildman–Crippen LogP) is 2.64. The lowest BCUT2D eigenvalue weighted by Gasteiger charge is -2.18. The fraction of sp³-hybridized carbons (Fsp3) is 0.357. The molecule has 1 heterocycles. The Labute approximate surface area is 101 Å². The van der Waals surface area contributed by atoms with Crippen molar-refractivity contribution >= 4 is 11.7 Å². The van der Waals surface area contributed by atoms with Gasteiger partial charge in [0.2, 0.25) is 0 Å². The summed E-state index contributed by atoms with van der Waals surface area (Å²) in [4.78, 5) is 12.9. The molecule has 90 valence electrons. The van der Waals surface area contributed by atoms with Gasteiger partial charge in [0.1, 0.15) is 0 Å². The molecule has 0 spiro atoms. The lowest BCUT2D eigenvalue weighted by molar-refractivity contribution is -0.137. The maximum absolute atomic E-state index is 10.6. The Hall–Kier alpha value is -1.77. The molecule has 1 unspecified atom stereocenters. The molecule has 3 heteroatoms. The summed E-state index contributed by atoms with van der Waals surface area (Å²) in [6, 6.07) is 8.20. The number of anilines is 1. The number of carboxylic acid groups (broad SMARTS) is 1. The van der Waals surface area contributed by atoms with Gasteiger partial charge in [-0.05, 0) is 23.6 Å². The number of rotatable bonds is 4. The molecule has 0 radical (unpaired) electrons. The quantitative estimate of drug-likeness (QED) is 0.810. The standard InChI is InChI=1S/C14H17NO2/c1-11(10-14(16)17)12-4-6-13(7-5-12)15-8-2-3-9-15/h2-7,11H,8-10H2,1H3,(H,16,17). The summed E-state index contributed by atoms with van der Waals surface area (Å²) < 4.78 is 0. The maximum atomic E-state index is 10.6. The molecule has 1 aliphatic heterocycles. The second-order valence-corrected chi connectivity index (χ2v) is 4.47. The molecule has 1 aromatic carbocycles. The van der Waals surface area contributed by atoms with E-state index in [0.29, 0.717) is 0 Å². The van der Waals surface area contributed by atoms with Gasteiger partial charge in [0.05, 0.1) is 6.42 Å². The lowest BCUT2D eigenvalue weighted by atomic mass is 9.97. The number of carboxylic acids is 1.